The van der Waals surface area contributed by atoms with Crippen molar-refractivity contribution in [3.8, 4) is 0 Å². The molecule has 0 aromatic heterocycles. The molecule has 0 saturated carbocycles. The third kappa shape index (κ3) is 5.04. The summed E-state index contributed by atoms with van der Waals surface area (Å²) < 4.78 is 24.6. The molecule has 0 atom stereocenters. The maximum absolute atomic E-state index is 12.3. The summed E-state index contributed by atoms with van der Waals surface area (Å²) in [7, 11) is 0. The number of hydrogen-bond donors (Lipinski definition) is 1. The molecular weight excluding hydrogens is 348 g/mol. The van der Waals surface area contributed by atoms with Crippen LogP contribution in [0.5, 0.6) is 0 Å². The molecule has 0 saturated heterocycles. The second kappa shape index (κ2) is 8.02. The molecule has 2 aromatic carbocycles. The van der Waals surface area contributed by atoms with Crippen LogP contribution in [0.4, 0.5) is 20.2 Å². The zero-order valence-electron chi connectivity index (χ0n) is 10.5. The van der Waals surface area contributed by atoms with Gasteiger partial charge in [0.05, 0.1) is 5.97 Å². The van der Waals surface area contributed by atoms with E-state index in [1.807, 2.05) is 0 Å². The normalized spacial score (nSPS) is 10.0. The van der Waals surface area contributed by atoms with E-state index in [1.54, 1.807) is 36.4 Å². The summed E-state index contributed by atoms with van der Waals surface area (Å²) in [5.74, 6) is -3.80. The third-order valence-corrected chi connectivity index (χ3v) is 3.19. The van der Waals surface area contributed by atoms with Gasteiger partial charge in [-0.2, -0.15) is 8.78 Å². The first-order chi connectivity index (χ1) is 9.56. The quantitative estimate of drug-likeness (QED) is 0.660. The Bertz CT molecular complexity index is 625. The van der Waals surface area contributed by atoms with E-state index in [2.05, 4.69) is 5.32 Å². The Kier molecular flexibility index (Phi) is 6.68. The summed E-state index contributed by atoms with van der Waals surface area (Å²) in [6, 6.07) is 12.6. The van der Waals surface area contributed by atoms with Crippen molar-refractivity contribution in [1.29, 1.82) is 0 Å². The number of anilines is 2. The number of carboxylic acids is 1. The topological polar surface area (TPSA) is 52.2 Å². The number of hydrogen-bond acceptors (Lipinski definition) is 4. The van der Waals surface area contributed by atoms with Crippen LogP contribution in [-0.2, 0) is 17.1 Å². The van der Waals surface area contributed by atoms with Gasteiger partial charge in [0, 0.05) is 21.8 Å². The molecule has 2 aromatic rings. The van der Waals surface area contributed by atoms with E-state index in [0.29, 0.717) is 28.0 Å². The Morgan fingerprint density at radius 1 is 1.14 bits per heavy atom. The number of nitrogens with one attached hydrogen (secondary N) is 1. The van der Waals surface area contributed by atoms with E-state index >= 15 is 0 Å². The van der Waals surface area contributed by atoms with Gasteiger partial charge >= 0.3 is 17.1 Å². The minimum Gasteiger partial charge on any atom is -0.545 e. The number of carbonyl (C=O) groups is 1. The first-order valence-electron chi connectivity index (χ1n) is 5.68. The van der Waals surface area contributed by atoms with Gasteiger partial charge in [-0.05, 0) is 24.3 Å². The smallest absolute Gasteiger partial charge is 0.545 e. The van der Waals surface area contributed by atoms with E-state index in [0.717, 1.165) is 0 Å². The Labute approximate surface area is 135 Å². The third-order valence-electron chi connectivity index (χ3n) is 2.49. The van der Waals surface area contributed by atoms with Gasteiger partial charge in [-0.15, -0.1) is 0 Å². The van der Waals surface area contributed by atoms with Crippen LogP contribution in [0.3, 0.4) is 0 Å². The van der Waals surface area contributed by atoms with E-state index in [-0.39, 0.29) is 22.6 Å². The standard InChI is InChI=1S/C14H11F2NO2S.Cu/c15-14(16)20-10-5-3-4-9(8-10)17-12-7-2-1-6-11(12)13(18)19;/h1-8,14,17H,(H,18,19);/q;+2/p-1. The number of alkyl halides is 2. The van der Waals surface area contributed by atoms with Crippen LogP contribution in [-0.4, -0.2) is 11.7 Å². The Morgan fingerprint density at radius 2 is 1.86 bits per heavy atom. The second-order valence-electron chi connectivity index (χ2n) is 3.86. The molecule has 0 unspecified atom stereocenters. The van der Waals surface area contributed by atoms with Crippen molar-refractivity contribution in [2.24, 2.45) is 0 Å². The molecule has 0 aliphatic rings. The molecule has 0 aliphatic carbocycles. The molecule has 1 radical (unpaired) electrons. The van der Waals surface area contributed by atoms with E-state index in [1.165, 1.54) is 12.1 Å². The number of carboxylic acid groups (broad SMARTS) is 1. The Balaban J connectivity index is 0.00000220. The fourth-order valence-electron chi connectivity index (χ4n) is 1.68. The fraction of sp³-hybridized carbons (Fsp3) is 0.0714. The van der Waals surface area contributed by atoms with Gasteiger partial charge in [0.25, 0.3) is 5.76 Å². The van der Waals surface area contributed by atoms with Crippen LogP contribution in [0.25, 0.3) is 0 Å². The fourth-order valence-corrected chi connectivity index (χ4v) is 2.23. The molecule has 2 rings (SSSR count). The molecule has 3 nitrogen and oxygen atoms in total. The molecule has 21 heavy (non-hydrogen) atoms. The van der Waals surface area contributed by atoms with Crippen LogP contribution in [0.2, 0.25) is 0 Å². The largest absolute Gasteiger partial charge is 2.00 e. The van der Waals surface area contributed by atoms with Crippen molar-refractivity contribution in [3.05, 3.63) is 54.1 Å². The molecule has 0 amide bonds. The Hall–Kier alpha value is -1.56. The number of halogens is 2. The summed E-state index contributed by atoms with van der Waals surface area (Å²) in [6.45, 7) is 0. The second-order valence-corrected chi connectivity index (χ2v) is 4.93. The SMILES string of the molecule is O=C([O-])c1ccccc1Nc1cccc(SC(F)F)c1.[Cu+2]. The summed E-state index contributed by atoms with van der Waals surface area (Å²) in [5.41, 5.74) is 0.899. The van der Waals surface area contributed by atoms with Crippen molar-refractivity contribution in [2.75, 3.05) is 5.32 Å². The summed E-state index contributed by atoms with van der Waals surface area (Å²) in [5, 5.41) is 13.9. The van der Waals surface area contributed by atoms with Gasteiger partial charge in [-0.1, -0.05) is 36.0 Å². The van der Waals surface area contributed by atoms with Crippen molar-refractivity contribution < 1.29 is 35.8 Å². The number of thioether (sulfide) groups is 1. The summed E-state index contributed by atoms with van der Waals surface area (Å²) >= 11 is 0.432. The first kappa shape index (κ1) is 17.5. The Morgan fingerprint density at radius 3 is 2.52 bits per heavy atom. The molecule has 1 N–H and O–H groups in total. The zero-order valence-corrected chi connectivity index (χ0v) is 12.2. The monoisotopic (exact) mass is 357 g/mol. The molecule has 0 heterocycles. The molecule has 0 bridgehead atoms. The summed E-state index contributed by atoms with van der Waals surface area (Å²) in [4.78, 5) is 11.4. The zero-order chi connectivity index (χ0) is 14.5. The average Bonchev–Trinajstić information content (AvgIpc) is 2.38. The van der Waals surface area contributed by atoms with Crippen molar-refractivity contribution in [1.82, 2.24) is 0 Å². The predicted molar refractivity (Wildman–Crippen MR) is 72.4 cm³/mol. The van der Waals surface area contributed by atoms with Gasteiger partial charge in [-0.3, -0.25) is 0 Å². The molecular formula is C14H10CuF2NO2S+. The molecule has 113 valence electrons. The van der Waals surface area contributed by atoms with Crippen LogP contribution in [0, 0.1) is 0 Å². The van der Waals surface area contributed by atoms with Crippen LogP contribution >= 0.6 is 11.8 Å². The maximum atomic E-state index is 12.3. The molecule has 0 aliphatic heterocycles. The first-order valence-corrected chi connectivity index (χ1v) is 6.56. The minimum atomic E-state index is -2.50. The number of para-hydroxylation sites is 1. The van der Waals surface area contributed by atoms with E-state index in [9.17, 15) is 18.7 Å². The molecule has 0 fully saturated rings. The predicted octanol–water partition coefficient (Wildman–Crippen LogP) is 3.11. The molecule has 7 heteroatoms. The van der Waals surface area contributed by atoms with Gasteiger partial charge < -0.3 is 15.2 Å². The van der Waals surface area contributed by atoms with Crippen LogP contribution < -0.4 is 10.4 Å². The van der Waals surface area contributed by atoms with Crippen LogP contribution in [0.15, 0.2) is 53.4 Å². The van der Waals surface area contributed by atoms with Crippen molar-refractivity contribution in [2.45, 2.75) is 10.7 Å². The number of benzene rings is 2. The minimum absolute atomic E-state index is 0. The summed E-state index contributed by atoms with van der Waals surface area (Å²) in [6.07, 6.45) is 0. The van der Waals surface area contributed by atoms with Gasteiger partial charge in [0.1, 0.15) is 0 Å². The van der Waals surface area contributed by atoms with Gasteiger partial charge in [0.2, 0.25) is 0 Å². The van der Waals surface area contributed by atoms with E-state index < -0.39 is 11.7 Å². The molecule has 0 spiro atoms. The van der Waals surface area contributed by atoms with Crippen molar-refractivity contribution >= 4 is 29.1 Å². The number of aromatic carboxylic acids is 1. The number of carbonyl (C=O) groups excluding carboxylic acids is 1. The van der Waals surface area contributed by atoms with Gasteiger partial charge in [-0.25, -0.2) is 0 Å². The number of rotatable bonds is 5. The van der Waals surface area contributed by atoms with Gasteiger partial charge in [0.15, 0.2) is 0 Å². The average molecular weight is 358 g/mol. The maximum Gasteiger partial charge on any atom is 2.00 e. The van der Waals surface area contributed by atoms with Crippen molar-refractivity contribution in [3.63, 3.8) is 0 Å². The van der Waals surface area contributed by atoms with E-state index in [4.69, 9.17) is 0 Å². The van der Waals surface area contributed by atoms with Crippen LogP contribution in [0.1, 0.15) is 10.4 Å².